The van der Waals surface area contributed by atoms with E-state index in [9.17, 15) is 5.26 Å². The number of hydrogen-bond donors (Lipinski definition) is 1. The van der Waals surface area contributed by atoms with Crippen LogP contribution < -0.4 is 5.73 Å². The molecule has 1 spiro atoms. The van der Waals surface area contributed by atoms with Crippen molar-refractivity contribution in [3.8, 4) is 6.07 Å². The molecule has 0 aromatic carbocycles. The van der Waals surface area contributed by atoms with Crippen molar-refractivity contribution in [1.29, 1.82) is 5.26 Å². The monoisotopic (exact) mass is 261 g/mol. The van der Waals surface area contributed by atoms with E-state index < -0.39 is 5.54 Å². The van der Waals surface area contributed by atoms with Crippen LogP contribution in [0.5, 0.6) is 0 Å². The Morgan fingerprint density at radius 2 is 1.74 bits per heavy atom. The smallest absolute Gasteiger partial charge is 0.119 e. The van der Waals surface area contributed by atoms with E-state index in [1.807, 2.05) is 0 Å². The maximum Gasteiger partial charge on any atom is 0.119 e. The van der Waals surface area contributed by atoms with Gasteiger partial charge in [0.2, 0.25) is 0 Å². The second-order valence-corrected chi connectivity index (χ2v) is 7.26. The first-order chi connectivity index (χ1) is 9.16. The van der Waals surface area contributed by atoms with Crippen molar-refractivity contribution in [2.45, 2.75) is 63.3 Å². The van der Waals surface area contributed by atoms with E-state index >= 15 is 0 Å². The van der Waals surface area contributed by atoms with Gasteiger partial charge in [-0.15, -0.1) is 0 Å². The van der Waals surface area contributed by atoms with Crippen LogP contribution in [0.25, 0.3) is 0 Å². The fraction of sp³-hybridized carbons (Fsp3) is 0.938. The molecule has 3 rings (SSSR count). The van der Waals surface area contributed by atoms with E-state index in [0.29, 0.717) is 11.3 Å². The highest BCUT2D eigenvalue weighted by Crippen LogP contribution is 2.45. The van der Waals surface area contributed by atoms with E-state index in [4.69, 9.17) is 5.73 Å². The maximum atomic E-state index is 9.37. The molecule has 1 unspecified atom stereocenters. The number of likely N-dealkylation sites (tertiary alicyclic amines) is 1. The minimum atomic E-state index is -0.572. The van der Waals surface area contributed by atoms with Gasteiger partial charge < -0.3 is 10.6 Å². The summed E-state index contributed by atoms with van der Waals surface area (Å²) < 4.78 is 0. The highest BCUT2D eigenvalue weighted by Gasteiger charge is 2.45. The Kier molecular flexibility index (Phi) is 3.57. The standard InChI is InChI=1S/C16H27N3/c17-12-16(18,14-4-5-14)13-19-10-8-15(9-11-19)6-2-1-3-7-15/h14H,1-11,13,18H2. The minimum Gasteiger partial charge on any atom is -0.312 e. The predicted molar refractivity (Wildman–Crippen MR) is 76.4 cm³/mol. The molecule has 3 fully saturated rings. The van der Waals surface area contributed by atoms with Gasteiger partial charge in [0.05, 0.1) is 6.07 Å². The van der Waals surface area contributed by atoms with Crippen LogP contribution in [-0.2, 0) is 0 Å². The summed E-state index contributed by atoms with van der Waals surface area (Å²) in [4.78, 5) is 2.46. The van der Waals surface area contributed by atoms with Crippen LogP contribution in [0, 0.1) is 22.7 Å². The summed E-state index contributed by atoms with van der Waals surface area (Å²) in [6.07, 6.45) is 12.2. The molecule has 0 aromatic heterocycles. The highest BCUT2D eigenvalue weighted by molar-refractivity contribution is 5.15. The Hall–Kier alpha value is -0.590. The summed E-state index contributed by atoms with van der Waals surface area (Å²) in [7, 11) is 0. The Labute approximate surface area is 117 Å². The molecule has 3 nitrogen and oxygen atoms in total. The molecular formula is C16H27N3. The van der Waals surface area contributed by atoms with Crippen LogP contribution in [0.3, 0.4) is 0 Å². The molecule has 1 heterocycles. The molecule has 1 aliphatic heterocycles. The first-order valence-electron chi connectivity index (χ1n) is 8.08. The third-order valence-electron chi connectivity index (χ3n) is 5.83. The van der Waals surface area contributed by atoms with Gasteiger partial charge in [0.1, 0.15) is 5.54 Å². The van der Waals surface area contributed by atoms with E-state index in [1.165, 1.54) is 44.9 Å². The molecule has 2 N–H and O–H groups in total. The van der Waals surface area contributed by atoms with Crippen molar-refractivity contribution >= 4 is 0 Å². The maximum absolute atomic E-state index is 9.37. The Morgan fingerprint density at radius 1 is 1.11 bits per heavy atom. The number of nitriles is 1. The van der Waals surface area contributed by atoms with Crippen molar-refractivity contribution < 1.29 is 0 Å². The molecule has 3 aliphatic rings. The Morgan fingerprint density at radius 3 is 2.26 bits per heavy atom. The van der Waals surface area contributed by atoms with Gasteiger partial charge in [-0.3, -0.25) is 0 Å². The van der Waals surface area contributed by atoms with Crippen LogP contribution in [0.4, 0.5) is 0 Å². The average molecular weight is 261 g/mol. The van der Waals surface area contributed by atoms with Crippen LogP contribution in [-0.4, -0.2) is 30.1 Å². The quantitative estimate of drug-likeness (QED) is 0.849. The van der Waals surface area contributed by atoms with Gasteiger partial charge in [-0.2, -0.15) is 5.26 Å². The molecule has 0 bridgehead atoms. The van der Waals surface area contributed by atoms with Gasteiger partial charge >= 0.3 is 0 Å². The molecule has 106 valence electrons. The molecule has 0 aromatic rings. The van der Waals surface area contributed by atoms with E-state index in [-0.39, 0.29) is 0 Å². The van der Waals surface area contributed by atoms with E-state index in [2.05, 4.69) is 11.0 Å². The first-order valence-corrected chi connectivity index (χ1v) is 8.08. The van der Waals surface area contributed by atoms with Crippen LogP contribution in [0.2, 0.25) is 0 Å². The Balaban J connectivity index is 1.54. The molecule has 2 aliphatic carbocycles. The molecule has 1 saturated heterocycles. The van der Waals surface area contributed by atoms with Crippen LogP contribution in [0.1, 0.15) is 57.8 Å². The normalized spacial score (nSPS) is 30.7. The number of piperidine rings is 1. The number of hydrogen-bond acceptors (Lipinski definition) is 3. The second kappa shape index (κ2) is 5.07. The number of nitrogens with two attached hydrogens (primary N) is 1. The molecule has 0 amide bonds. The zero-order valence-corrected chi connectivity index (χ0v) is 12.0. The summed E-state index contributed by atoms with van der Waals surface area (Å²) >= 11 is 0. The van der Waals surface area contributed by atoms with E-state index in [1.54, 1.807) is 0 Å². The lowest BCUT2D eigenvalue weighted by Crippen LogP contribution is -2.53. The zero-order valence-electron chi connectivity index (χ0n) is 12.0. The summed E-state index contributed by atoms with van der Waals surface area (Å²) in [5.41, 5.74) is 6.38. The molecule has 3 heteroatoms. The van der Waals surface area contributed by atoms with Gasteiger partial charge in [0.25, 0.3) is 0 Å². The Bertz CT molecular complexity index is 353. The van der Waals surface area contributed by atoms with Gasteiger partial charge in [-0.1, -0.05) is 19.3 Å². The lowest BCUT2D eigenvalue weighted by Gasteiger charge is -2.45. The highest BCUT2D eigenvalue weighted by atomic mass is 15.2. The van der Waals surface area contributed by atoms with E-state index in [0.717, 1.165) is 32.5 Å². The van der Waals surface area contributed by atoms with Crippen molar-refractivity contribution in [2.75, 3.05) is 19.6 Å². The summed E-state index contributed by atoms with van der Waals surface area (Å²) in [6.45, 7) is 3.12. The van der Waals surface area contributed by atoms with Crippen LogP contribution >= 0.6 is 0 Å². The summed E-state index contributed by atoms with van der Waals surface area (Å²) in [5, 5.41) is 9.37. The summed E-state index contributed by atoms with van der Waals surface area (Å²) in [5.74, 6) is 0.461. The van der Waals surface area contributed by atoms with Crippen molar-refractivity contribution in [3.05, 3.63) is 0 Å². The lowest BCUT2D eigenvalue weighted by molar-refractivity contribution is 0.0588. The van der Waals surface area contributed by atoms with Gasteiger partial charge in [-0.25, -0.2) is 0 Å². The minimum absolute atomic E-state index is 0.461. The number of rotatable bonds is 3. The molecule has 1 atom stereocenters. The molecule has 2 saturated carbocycles. The molecular weight excluding hydrogens is 234 g/mol. The first kappa shape index (κ1) is 13.4. The summed E-state index contributed by atoms with van der Waals surface area (Å²) in [6, 6.07) is 2.39. The largest absolute Gasteiger partial charge is 0.312 e. The molecule has 0 radical (unpaired) electrons. The zero-order chi connectivity index (χ0) is 13.3. The van der Waals surface area contributed by atoms with Gasteiger partial charge in [0.15, 0.2) is 0 Å². The third kappa shape index (κ3) is 2.80. The average Bonchev–Trinajstić information content (AvgIpc) is 3.28. The fourth-order valence-corrected chi connectivity index (χ4v) is 4.21. The fourth-order valence-electron chi connectivity index (χ4n) is 4.21. The SMILES string of the molecule is N#CC(N)(CN1CCC2(CCCCC2)CC1)C1CC1. The lowest BCUT2D eigenvalue weighted by atomic mass is 9.68. The second-order valence-electron chi connectivity index (χ2n) is 7.26. The van der Waals surface area contributed by atoms with Gasteiger partial charge in [-0.05, 0) is 62.9 Å². The predicted octanol–water partition coefficient (Wildman–Crippen LogP) is 2.66. The molecule has 19 heavy (non-hydrogen) atoms. The number of nitrogens with zero attached hydrogens (tertiary/aromatic N) is 2. The van der Waals surface area contributed by atoms with Gasteiger partial charge in [0, 0.05) is 6.54 Å². The third-order valence-corrected chi connectivity index (χ3v) is 5.83. The van der Waals surface area contributed by atoms with Crippen molar-refractivity contribution in [1.82, 2.24) is 4.90 Å². The van der Waals surface area contributed by atoms with Crippen molar-refractivity contribution in [3.63, 3.8) is 0 Å². The van der Waals surface area contributed by atoms with Crippen molar-refractivity contribution in [2.24, 2.45) is 17.1 Å². The topological polar surface area (TPSA) is 53.1 Å². The van der Waals surface area contributed by atoms with Crippen LogP contribution in [0.15, 0.2) is 0 Å².